The fraction of sp³-hybridized carbons (Fsp3) is 0.467. The maximum absolute atomic E-state index is 5.86. The standard InChI is InChI=1S/C15H20O2/c1-4-5-6-12-10-13-9-11(2)7-8-14(13)17-15(12)16-3/h7-10,15H,4-6H2,1-3H3. The Morgan fingerprint density at radius 2 is 2.18 bits per heavy atom. The SMILES string of the molecule is CCCCC1=Cc2cc(C)ccc2OC1OC. The molecule has 0 saturated carbocycles. The van der Waals surface area contributed by atoms with Crippen LogP contribution in [0.1, 0.15) is 37.3 Å². The first-order valence-electron chi connectivity index (χ1n) is 6.25. The van der Waals surface area contributed by atoms with Crippen LogP contribution in [-0.4, -0.2) is 13.4 Å². The molecule has 2 heteroatoms. The highest BCUT2D eigenvalue weighted by atomic mass is 16.7. The van der Waals surface area contributed by atoms with Crippen LogP contribution in [0.2, 0.25) is 0 Å². The van der Waals surface area contributed by atoms with E-state index in [9.17, 15) is 0 Å². The molecule has 0 saturated heterocycles. The van der Waals surface area contributed by atoms with Crippen molar-refractivity contribution in [1.82, 2.24) is 0 Å². The van der Waals surface area contributed by atoms with Gasteiger partial charge in [-0.25, -0.2) is 0 Å². The molecule has 0 fully saturated rings. The molecule has 1 aromatic carbocycles. The summed E-state index contributed by atoms with van der Waals surface area (Å²) in [6, 6.07) is 6.24. The van der Waals surface area contributed by atoms with Crippen molar-refractivity contribution in [3.8, 4) is 5.75 Å². The highest BCUT2D eigenvalue weighted by Gasteiger charge is 2.21. The summed E-state index contributed by atoms with van der Waals surface area (Å²) in [4.78, 5) is 0. The van der Waals surface area contributed by atoms with Crippen LogP contribution in [0.15, 0.2) is 23.8 Å². The number of unbranched alkanes of at least 4 members (excludes halogenated alkanes) is 1. The van der Waals surface area contributed by atoms with Crippen molar-refractivity contribution in [2.45, 2.75) is 39.4 Å². The van der Waals surface area contributed by atoms with Gasteiger partial charge in [-0.15, -0.1) is 0 Å². The lowest BCUT2D eigenvalue weighted by Crippen LogP contribution is -2.24. The van der Waals surface area contributed by atoms with Gasteiger partial charge < -0.3 is 9.47 Å². The van der Waals surface area contributed by atoms with Crippen molar-refractivity contribution in [2.75, 3.05) is 7.11 Å². The number of methoxy groups -OCH3 is 1. The van der Waals surface area contributed by atoms with Crippen LogP contribution in [0, 0.1) is 6.92 Å². The molecule has 1 heterocycles. The third-order valence-electron chi connectivity index (χ3n) is 3.08. The summed E-state index contributed by atoms with van der Waals surface area (Å²) >= 11 is 0. The largest absolute Gasteiger partial charge is 0.460 e. The Balaban J connectivity index is 2.28. The van der Waals surface area contributed by atoms with E-state index in [1.165, 1.54) is 29.5 Å². The molecule has 2 rings (SSSR count). The second kappa shape index (κ2) is 5.37. The van der Waals surface area contributed by atoms with Gasteiger partial charge in [0, 0.05) is 12.7 Å². The average molecular weight is 232 g/mol. The van der Waals surface area contributed by atoms with Gasteiger partial charge in [-0.1, -0.05) is 25.0 Å². The fourth-order valence-corrected chi connectivity index (χ4v) is 2.12. The second-order valence-corrected chi connectivity index (χ2v) is 4.55. The maximum Gasteiger partial charge on any atom is 0.222 e. The Hall–Kier alpha value is -1.28. The molecule has 1 aliphatic heterocycles. The van der Waals surface area contributed by atoms with Crippen molar-refractivity contribution in [2.24, 2.45) is 0 Å². The summed E-state index contributed by atoms with van der Waals surface area (Å²) in [6.45, 7) is 4.30. The number of rotatable bonds is 4. The first-order chi connectivity index (χ1) is 8.24. The average Bonchev–Trinajstić information content (AvgIpc) is 2.35. The topological polar surface area (TPSA) is 18.5 Å². The van der Waals surface area contributed by atoms with E-state index in [1.54, 1.807) is 7.11 Å². The summed E-state index contributed by atoms with van der Waals surface area (Å²) in [5.41, 5.74) is 3.67. The summed E-state index contributed by atoms with van der Waals surface area (Å²) in [5.74, 6) is 0.919. The van der Waals surface area contributed by atoms with Gasteiger partial charge in [0.1, 0.15) is 5.75 Å². The lowest BCUT2D eigenvalue weighted by molar-refractivity contribution is -0.0283. The molecule has 0 radical (unpaired) electrons. The number of benzene rings is 1. The van der Waals surface area contributed by atoms with E-state index >= 15 is 0 Å². The zero-order valence-corrected chi connectivity index (χ0v) is 10.8. The third kappa shape index (κ3) is 2.70. The highest BCUT2D eigenvalue weighted by Crippen LogP contribution is 2.32. The van der Waals surface area contributed by atoms with E-state index in [0.717, 1.165) is 12.2 Å². The van der Waals surface area contributed by atoms with Gasteiger partial charge >= 0.3 is 0 Å². The molecule has 0 N–H and O–H groups in total. The van der Waals surface area contributed by atoms with Crippen molar-refractivity contribution < 1.29 is 9.47 Å². The van der Waals surface area contributed by atoms with Gasteiger partial charge in [-0.05, 0) is 43.5 Å². The molecule has 92 valence electrons. The van der Waals surface area contributed by atoms with Gasteiger partial charge in [-0.2, -0.15) is 0 Å². The summed E-state index contributed by atoms with van der Waals surface area (Å²) in [5, 5.41) is 0. The van der Waals surface area contributed by atoms with E-state index < -0.39 is 0 Å². The van der Waals surface area contributed by atoms with Crippen LogP contribution in [-0.2, 0) is 4.74 Å². The Bertz CT molecular complexity index is 421. The van der Waals surface area contributed by atoms with Gasteiger partial charge in [-0.3, -0.25) is 0 Å². The first kappa shape index (κ1) is 12.2. The molecule has 17 heavy (non-hydrogen) atoms. The molecule has 0 bridgehead atoms. The summed E-state index contributed by atoms with van der Waals surface area (Å²) in [6.07, 6.45) is 5.42. The smallest absolute Gasteiger partial charge is 0.222 e. The Morgan fingerprint density at radius 1 is 1.35 bits per heavy atom. The Labute approximate surface area is 103 Å². The molecule has 1 unspecified atom stereocenters. The molecule has 0 spiro atoms. The molecule has 0 amide bonds. The monoisotopic (exact) mass is 232 g/mol. The van der Waals surface area contributed by atoms with Crippen molar-refractivity contribution in [1.29, 1.82) is 0 Å². The highest BCUT2D eigenvalue weighted by molar-refractivity contribution is 5.63. The quantitative estimate of drug-likeness (QED) is 0.783. The molecule has 0 aliphatic carbocycles. The van der Waals surface area contributed by atoms with Crippen LogP contribution in [0.4, 0.5) is 0 Å². The molecule has 0 aromatic heterocycles. The molecule has 1 atom stereocenters. The van der Waals surface area contributed by atoms with Crippen LogP contribution in [0.5, 0.6) is 5.75 Å². The van der Waals surface area contributed by atoms with Crippen LogP contribution in [0.3, 0.4) is 0 Å². The van der Waals surface area contributed by atoms with Gasteiger partial charge in [0.25, 0.3) is 0 Å². The lowest BCUT2D eigenvalue weighted by atomic mass is 10.0. The normalized spacial score (nSPS) is 18.3. The van der Waals surface area contributed by atoms with E-state index in [-0.39, 0.29) is 6.29 Å². The Morgan fingerprint density at radius 3 is 2.88 bits per heavy atom. The van der Waals surface area contributed by atoms with Gasteiger partial charge in [0.15, 0.2) is 0 Å². The van der Waals surface area contributed by atoms with E-state index in [0.29, 0.717) is 0 Å². The van der Waals surface area contributed by atoms with Gasteiger partial charge in [0.2, 0.25) is 6.29 Å². The third-order valence-corrected chi connectivity index (χ3v) is 3.08. The number of fused-ring (bicyclic) bond motifs is 1. The molecule has 2 nitrogen and oxygen atoms in total. The van der Waals surface area contributed by atoms with Crippen LogP contribution in [0.25, 0.3) is 6.08 Å². The lowest BCUT2D eigenvalue weighted by Gasteiger charge is -2.26. The fourth-order valence-electron chi connectivity index (χ4n) is 2.12. The van der Waals surface area contributed by atoms with Crippen LogP contribution < -0.4 is 4.74 Å². The predicted molar refractivity (Wildman–Crippen MR) is 70.1 cm³/mol. The van der Waals surface area contributed by atoms with Crippen molar-refractivity contribution in [3.63, 3.8) is 0 Å². The maximum atomic E-state index is 5.86. The minimum atomic E-state index is -0.211. The molecular weight excluding hydrogens is 212 g/mol. The zero-order chi connectivity index (χ0) is 12.3. The first-order valence-corrected chi connectivity index (χ1v) is 6.25. The van der Waals surface area contributed by atoms with E-state index in [1.807, 2.05) is 6.07 Å². The minimum Gasteiger partial charge on any atom is -0.460 e. The second-order valence-electron chi connectivity index (χ2n) is 4.55. The molecule has 1 aliphatic rings. The van der Waals surface area contributed by atoms with Crippen molar-refractivity contribution >= 4 is 6.08 Å². The van der Waals surface area contributed by atoms with Crippen LogP contribution >= 0.6 is 0 Å². The molecular formula is C15H20O2. The Kier molecular flexibility index (Phi) is 3.85. The zero-order valence-electron chi connectivity index (χ0n) is 10.8. The molecule has 1 aromatic rings. The van der Waals surface area contributed by atoms with Gasteiger partial charge in [0.05, 0.1) is 0 Å². The summed E-state index contributed by atoms with van der Waals surface area (Å²) in [7, 11) is 1.70. The number of hydrogen-bond acceptors (Lipinski definition) is 2. The number of ether oxygens (including phenoxy) is 2. The predicted octanol–water partition coefficient (Wildman–Crippen LogP) is 3.93. The summed E-state index contributed by atoms with van der Waals surface area (Å²) < 4.78 is 11.3. The van der Waals surface area contributed by atoms with E-state index in [4.69, 9.17) is 9.47 Å². The van der Waals surface area contributed by atoms with Crippen molar-refractivity contribution in [3.05, 3.63) is 34.9 Å². The number of aryl methyl sites for hydroxylation is 1. The van der Waals surface area contributed by atoms with E-state index in [2.05, 4.69) is 32.1 Å². The number of hydrogen-bond donors (Lipinski definition) is 0. The minimum absolute atomic E-state index is 0.211.